The van der Waals surface area contributed by atoms with Crippen LogP contribution < -0.4 is 29.1 Å². The first kappa shape index (κ1) is 29.4. The van der Waals surface area contributed by atoms with Crippen molar-refractivity contribution in [1.29, 1.82) is 0 Å². The Morgan fingerprint density at radius 1 is 1.12 bits per heavy atom. The molecule has 8 nitrogen and oxygen atoms in total. The van der Waals surface area contributed by atoms with E-state index in [9.17, 15) is 9.59 Å². The van der Waals surface area contributed by atoms with Crippen LogP contribution in [0.4, 0.5) is 0 Å². The summed E-state index contributed by atoms with van der Waals surface area (Å²) >= 11 is 7.56. The Labute approximate surface area is 242 Å². The molecule has 0 spiro atoms. The Balaban J connectivity index is 2.03. The fourth-order valence-corrected chi connectivity index (χ4v) is 5.98. The second-order valence-electron chi connectivity index (χ2n) is 9.52. The van der Waals surface area contributed by atoms with E-state index in [0.717, 1.165) is 0 Å². The van der Waals surface area contributed by atoms with Crippen LogP contribution in [0.3, 0.4) is 0 Å². The van der Waals surface area contributed by atoms with Crippen molar-refractivity contribution in [2.45, 2.75) is 46.8 Å². The van der Waals surface area contributed by atoms with Crippen molar-refractivity contribution in [2.24, 2.45) is 4.99 Å². The zero-order chi connectivity index (χ0) is 29.1. The number of carbonyl (C=O) groups excluding carboxylic acids is 1. The number of hydrogen-bond acceptors (Lipinski definition) is 7. The van der Waals surface area contributed by atoms with Crippen LogP contribution in [0.2, 0.25) is 5.02 Å². The second kappa shape index (κ2) is 12.3. The molecule has 1 aromatic heterocycles. The number of carbonyl (C=O) groups is 1. The Bertz CT molecular complexity index is 1640. The third-order valence-corrected chi connectivity index (χ3v) is 7.87. The molecule has 0 saturated carbocycles. The summed E-state index contributed by atoms with van der Waals surface area (Å²) in [6, 6.07) is 9.90. The van der Waals surface area contributed by atoms with E-state index in [1.807, 2.05) is 27.7 Å². The summed E-state index contributed by atoms with van der Waals surface area (Å²) < 4.78 is 19.2. The molecule has 1 aliphatic rings. The molecule has 3 aromatic rings. The van der Waals surface area contributed by atoms with Crippen molar-refractivity contribution < 1.29 is 19.0 Å². The van der Waals surface area contributed by atoms with Crippen molar-refractivity contribution in [3.63, 3.8) is 0 Å². The SMILES string of the molecule is CCN(CC)C(=O)C1=C(C)N=c2s/c(=C\c3cc(Cl)ccc3OC(C)C)c(=O)n2[C@H]1c1cc(OC)ccc1OC. The van der Waals surface area contributed by atoms with Crippen molar-refractivity contribution in [3.05, 3.63) is 83.5 Å². The molecule has 2 aromatic carbocycles. The van der Waals surface area contributed by atoms with E-state index < -0.39 is 6.04 Å². The molecule has 40 heavy (non-hydrogen) atoms. The third-order valence-electron chi connectivity index (χ3n) is 6.66. The molecule has 2 heterocycles. The average Bonchev–Trinajstić information content (AvgIpc) is 3.23. The molecule has 1 aliphatic heterocycles. The number of allylic oxidation sites excluding steroid dienone is 1. The molecule has 0 radical (unpaired) electrons. The smallest absolute Gasteiger partial charge is 0.271 e. The van der Waals surface area contributed by atoms with Gasteiger partial charge in [-0.2, -0.15) is 0 Å². The second-order valence-corrected chi connectivity index (χ2v) is 11.0. The first-order chi connectivity index (χ1) is 19.1. The lowest BCUT2D eigenvalue weighted by molar-refractivity contribution is -0.127. The maximum atomic E-state index is 14.1. The molecule has 0 fully saturated rings. The van der Waals surface area contributed by atoms with Crippen molar-refractivity contribution >= 4 is 34.9 Å². The predicted molar refractivity (Wildman–Crippen MR) is 158 cm³/mol. The Morgan fingerprint density at radius 3 is 2.45 bits per heavy atom. The number of thiazole rings is 1. The van der Waals surface area contributed by atoms with Crippen molar-refractivity contribution in [2.75, 3.05) is 27.3 Å². The Morgan fingerprint density at radius 2 is 1.82 bits per heavy atom. The van der Waals surface area contributed by atoms with Gasteiger partial charge in [0.2, 0.25) is 0 Å². The standard InChI is InChI=1S/C30H34ClN3O5S/c1-8-33(9-2)29(36)26-18(5)32-30-34(27(26)22-16-21(37-6)11-13-24(22)38-7)28(35)25(40-30)15-19-14-20(31)10-12-23(19)39-17(3)4/h10-17,27H,8-9H2,1-7H3/b25-15-/t27-/m0/s1. The molecular formula is C30H34ClN3O5S. The molecule has 0 unspecified atom stereocenters. The summed E-state index contributed by atoms with van der Waals surface area (Å²) in [5.41, 5.74) is 1.99. The summed E-state index contributed by atoms with van der Waals surface area (Å²) in [6.07, 6.45) is 1.70. The molecule has 4 rings (SSSR count). The molecule has 0 aliphatic carbocycles. The Hall–Kier alpha value is -3.56. The number of aromatic nitrogens is 1. The molecule has 212 valence electrons. The van der Waals surface area contributed by atoms with E-state index in [2.05, 4.69) is 0 Å². The number of nitrogens with zero attached hydrogens (tertiary/aromatic N) is 3. The van der Waals surface area contributed by atoms with E-state index >= 15 is 0 Å². The van der Waals surface area contributed by atoms with E-state index in [1.54, 1.807) is 73.1 Å². The summed E-state index contributed by atoms with van der Waals surface area (Å²) in [4.78, 5) is 35.0. The van der Waals surface area contributed by atoms with Gasteiger partial charge in [0.15, 0.2) is 4.80 Å². The summed E-state index contributed by atoms with van der Waals surface area (Å²) in [5.74, 6) is 1.54. The van der Waals surface area contributed by atoms with Crippen molar-refractivity contribution in [3.8, 4) is 17.2 Å². The van der Waals surface area contributed by atoms with E-state index in [1.165, 1.54) is 11.3 Å². The lowest BCUT2D eigenvalue weighted by Gasteiger charge is -2.30. The quantitative estimate of drug-likeness (QED) is 0.369. The van der Waals surface area contributed by atoms with E-state index in [0.29, 0.717) is 67.1 Å². The molecule has 1 amide bonds. The first-order valence-electron chi connectivity index (χ1n) is 13.1. The number of amides is 1. The molecule has 0 saturated heterocycles. The van der Waals surface area contributed by atoms with Crippen LogP contribution in [0.1, 0.15) is 51.8 Å². The van der Waals surface area contributed by atoms with E-state index in [-0.39, 0.29) is 17.6 Å². The number of halogens is 1. The van der Waals surface area contributed by atoms with Gasteiger partial charge >= 0.3 is 0 Å². The van der Waals surface area contributed by atoms with Crippen molar-refractivity contribution in [1.82, 2.24) is 9.47 Å². The lowest BCUT2D eigenvalue weighted by Crippen LogP contribution is -2.43. The van der Waals surface area contributed by atoms with Gasteiger partial charge in [0.05, 0.1) is 36.1 Å². The van der Waals surface area contributed by atoms with Crippen LogP contribution in [0.5, 0.6) is 17.2 Å². The van der Waals surface area contributed by atoms with Gasteiger partial charge in [-0.25, -0.2) is 4.99 Å². The number of benzene rings is 2. The number of hydrogen-bond donors (Lipinski definition) is 0. The van der Waals surface area contributed by atoms with Gasteiger partial charge in [-0.1, -0.05) is 22.9 Å². The number of likely N-dealkylation sites (N-methyl/N-ethyl adjacent to an activating group) is 1. The monoisotopic (exact) mass is 583 g/mol. The number of rotatable bonds is 9. The van der Waals surface area contributed by atoms with Crippen LogP contribution in [0.25, 0.3) is 6.08 Å². The highest BCUT2D eigenvalue weighted by Gasteiger charge is 2.36. The zero-order valence-electron chi connectivity index (χ0n) is 23.8. The highest BCUT2D eigenvalue weighted by atomic mass is 35.5. The average molecular weight is 584 g/mol. The van der Waals surface area contributed by atoms with Gasteiger partial charge in [0.25, 0.3) is 11.5 Å². The lowest BCUT2D eigenvalue weighted by atomic mass is 9.93. The summed E-state index contributed by atoms with van der Waals surface area (Å²) in [5, 5.41) is 0.525. The highest BCUT2D eigenvalue weighted by molar-refractivity contribution is 7.07. The molecule has 1 atom stereocenters. The largest absolute Gasteiger partial charge is 0.497 e. The third kappa shape index (κ3) is 5.67. The minimum Gasteiger partial charge on any atom is -0.497 e. The minimum atomic E-state index is -0.776. The topological polar surface area (TPSA) is 82.4 Å². The van der Waals surface area contributed by atoms with Gasteiger partial charge in [-0.05, 0) is 77.1 Å². The van der Waals surface area contributed by atoms with Crippen LogP contribution in [0.15, 0.2) is 57.5 Å². The fourth-order valence-electron chi connectivity index (χ4n) is 4.76. The molecule has 10 heteroatoms. The maximum Gasteiger partial charge on any atom is 0.271 e. The first-order valence-corrected chi connectivity index (χ1v) is 14.3. The predicted octanol–water partition coefficient (Wildman–Crippen LogP) is 4.56. The van der Waals surface area contributed by atoms with Crippen LogP contribution in [0, 0.1) is 0 Å². The zero-order valence-corrected chi connectivity index (χ0v) is 25.4. The van der Waals surface area contributed by atoms with Crippen LogP contribution >= 0.6 is 22.9 Å². The normalized spacial score (nSPS) is 15.1. The summed E-state index contributed by atoms with van der Waals surface area (Å²) in [7, 11) is 3.13. The van der Waals surface area contributed by atoms with Gasteiger partial charge in [-0.3, -0.25) is 14.2 Å². The number of fused-ring (bicyclic) bond motifs is 1. The van der Waals surface area contributed by atoms with Crippen LogP contribution in [-0.2, 0) is 4.79 Å². The molecular weight excluding hydrogens is 550 g/mol. The van der Waals surface area contributed by atoms with E-state index in [4.69, 9.17) is 30.8 Å². The number of methoxy groups -OCH3 is 2. The Kier molecular flexibility index (Phi) is 9.05. The van der Waals surface area contributed by atoms with Crippen LogP contribution in [-0.4, -0.2) is 48.8 Å². The molecule has 0 N–H and O–H groups in total. The van der Waals surface area contributed by atoms with Gasteiger partial charge in [0, 0.05) is 29.2 Å². The van der Waals surface area contributed by atoms with Gasteiger partial charge < -0.3 is 19.1 Å². The summed E-state index contributed by atoms with van der Waals surface area (Å²) in [6.45, 7) is 10.6. The molecule has 0 bridgehead atoms. The number of ether oxygens (including phenoxy) is 3. The minimum absolute atomic E-state index is 0.0635. The van der Waals surface area contributed by atoms with Gasteiger partial charge in [-0.15, -0.1) is 0 Å². The maximum absolute atomic E-state index is 14.1. The van der Waals surface area contributed by atoms with Gasteiger partial charge in [0.1, 0.15) is 23.3 Å². The fraction of sp³-hybridized carbons (Fsp3) is 0.367. The highest BCUT2D eigenvalue weighted by Crippen LogP contribution is 2.38.